The van der Waals surface area contributed by atoms with Crippen LogP contribution in [0.2, 0.25) is 0 Å². The van der Waals surface area contributed by atoms with Gasteiger partial charge in [0.1, 0.15) is 0 Å². The summed E-state index contributed by atoms with van der Waals surface area (Å²) in [5.74, 6) is 0. The number of nitrogens with two attached hydrogens (primary N) is 1. The summed E-state index contributed by atoms with van der Waals surface area (Å²) in [4.78, 5) is 4.52. The Labute approximate surface area is 122 Å². The van der Waals surface area contributed by atoms with E-state index in [9.17, 15) is 0 Å². The number of hydrogen-bond acceptors (Lipinski definition) is 4. The number of nitrogen functional groups attached to an aromatic ring is 1. The molecule has 102 valence electrons. The summed E-state index contributed by atoms with van der Waals surface area (Å²) >= 11 is 1.67. The smallest absolute Gasteiger partial charge is 0.0907 e. The van der Waals surface area contributed by atoms with E-state index in [1.807, 2.05) is 19.1 Å². The normalized spacial score (nSPS) is 10.9. The predicted octanol–water partition coefficient (Wildman–Crippen LogP) is 4.55. The van der Waals surface area contributed by atoms with Crippen LogP contribution in [0.3, 0.4) is 0 Å². The second kappa shape index (κ2) is 4.80. The molecule has 0 saturated carbocycles. The lowest BCUT2D eigenvalue weighted by molar-refractivity contribution is 1.34. The molecule has 3 nitrogen and oxygen atoms in total. The molecule has 20 heavy (non-hydrogen) atoms. The van der Waals surface area contributed by atoms with Gasteiger partial charge in [-0.2, -0.15) is 0 Å². The molecule has 2 aromatic carbocycles. The van der Waals surface area contributed by atoms with Crippen molar-refractivity contribution in [1.82, 2.24) is 4.98 Å². The molecule has 0 atom stereocenters. The van der Waals surface area contributed by atoms with Crippen LogP contribution in [0, 0.1) is 20.8 Å². The predicted molar refractivity (Wildman–Crippen MR) is 88.0 cm³/mol. The highest BCUT2D eigenvalue weighted by Crippen LogP contribution is 2.32. The molecule has 0 spiro atoms. The molecule has 3 aromatic rings. The van der Waals surface area contributed by atoms with Crippen LogP contribution in [0.5, 0.6) is 0 Å². The van der Waals surface area contributed by atoms with Crippen LogP contribution in [-0.4, -0.2) is 4.98 Å². The number of hydrogen-bond donors (Lipinski definition) is 2. The van der Waals surface area contributed by atoms with Crippen molar-refractivity contribution in [1.29, 1.82) is 0 Å². The molecule has 0 radical (unpaired) electrons. The van der Waals surface area contributed by atoms with Crippen LogP contribution < -0.4 is 11.1 Å². The average Bonchev–Trinajstić information content (AvgIpc) is 2.72. The summed E-state index contributed by atoms with van der Waals surface area (Å²) in [6, 6.07) is 10.3. The molecule has 1 heterocycles. The molecule has 0 aliphatic rings. The molecule has 0 saturated heterocycles. The minimum atomic E-state index is 0.751. The van der Waals surface area contributed by atoms with Crippen molar-refractivity contribution in [2.24, 2.45) is 0 Å². The number of thiazole rings is 1. The highest BCUT2D eigenvalue weighted by atomic mass is 32.1. The number of fused-ring (bicyclic) bond motifs is 1. The van der Waals surface area contributed by atoms with Gasteiger partial charge in [-0.1, -0.05) is 17.7 Å². The van der Waals surface area contributed by atoms with E-state index < -0.39 is 0 Å². The quantitative estimate of drug-likeness (QED) is 0.678. The van der Waals surface area contributed by atoms with Crippen molar-refractivity contribution in [2.75, 3.05) is 11.1 Å². The van der Waals surface area contributed by atoms with Gasteiger partial charge in [0.2, 0.25) is 0 Å². The van der Waals surface area contributed by atoms with Crippen molar-refractivity contribution in [3.8, 4) is 0 Å². The number of anilines is 3. The van der Waals surface area contributed by atoms with Gasteiger partial charge in [0.25, 0.3) is 0 Å². The number of aryl methyl sites for hydroxylation is 3. The maximum Gasteiger partial charge on any atom is 0.0907 e. The van der Waals surface area contributed by atoms with Crippen LogP contribution >= 0.6 is 11.3 Å². The monoisotopic (exact) mass is 283 g/mol. The number of nitrogens with zero attached hydrogens (tertiary/aromatic N) is 1. The molecule has 0 aliphatic heterocycles. The first-order valence-electron chi connectivity index (χ1n) is 6.54. The molecular formula is C16H17N3S. The lowest BCUT2D eigenvalue weighted by atomic mass is 10.1. The zero-order valence-corrected chi connectivity index (χ0v) is 12.6. The van der Waals surface area contributed by atoms with E-state index in [0.29, 0.717) is 0 Å². The zero-order valence-electron chi connectivity index (χ0n) is 11.8. The van der Waals surface area contributed by atoms with Crippen molar-refractivity contribution in [3.63, 3.8) is 0 Å². The largest absolute Gasteiger partial charge is 0.397 e. The van der Waals surface area contributed by atoms with Crippen molar-refractivity contribution in [2.45, 2.75) is 20.8 Å². The number of aromatic nitrogens is 1. The van der Waals surface area contributed by atoms with Gasteiger partial charge in [0.15, 0.2) is 0 Å². The van der Waals surface area contributed by atoms with E-state index in [1.165, 1.54) is 11.1 Å². The first kappa shape index (κ1) is 12.9. The topological polar surface area (TPSA) is 50.9 Å². The first-order chi connectivity index (χ1) is 9.52. The highest BCUT2D eigenvalue weighted by Gasteiger charge is 2.07. The molecule has 3 N–H and O–H groups in total. The third-order valence-corrected chi connectivity index (χ3v) is 4.25. The number of rotatable bonds is 2. The fourth-order valence-corrected chi connectivity index (χ4v) is 3.17. The summed E-state index contributed by atoms with van der Waals surface area (Å²) in [6.07, 6.45) is 0. The fourth-order valence-electron chi connectivity index (χ4n) is 2.31. The van der Waals surface area contributed by atoms with Gasteiger partial charge >= 0.3 is 0 Å². The Morgan fingerprint density at radius 3 is 2.60 bits per heavy atom. The van der Waals surface area contributed by atoms with Gasteiger partial charge in [-0.15, -0.1) is 11.3 Å². The van der Waals surface area contributed by atoms with E-state index in [0.717, 1.165) is 32.3 Å². The van der Waals surface area contributed by atoms with Crippen molar-refractivity contribution in [3.05, 3.63) is 46.5 Å². The van der Waals surface area contributed by atoms with Crippen LogP contribution in [0.1, 0.15) is 16.1 Å². The van der Waals surface area contributed by atoms with E-state index >= 15 is 0 Å². The Morgan fingerprint density at radius 2 is 1.85 bits per heavy atom. The first-order valence-corrected chi connectivity index (χ1v) is 7.35. The zero-order chi connectivity index (χ0) is 14.3. The lowest BCUT2D eigenvalue weighted by Gasteiger charge is -2.12. The Morgan fingerprint density at radius 1 is 1.05 bits per heavy atom. The van der Waals surface area contributed by atoms with Crippen LogP contribution in [-0.2, 0) is 0 Å². The van der Waals surface area contributed by atoms with Gasteiger partial charge in [-0.05, 0) is 44.5 Å². The Kier molecular flexibility index (Phi) is 3.10. The second-order valence-corrected chi connectivity index (χ2v) is 6.32. The van der Waals surface area contributed by atoms with Crippen LogP contribution in [0.4, 0.5) is 17.1 Å². The maximum absolute atomic E-state index is 6.14. The van der Waals surface area contributed by atoms with Crippen molar-refractivity contribution >= 4 is 38.6 Å². The second-order valence-electron chi connectivity index (χ2n) is 5.08. The summed E-state index contributed by atoms with van der Waals surface area (Å²) in [5, 5.41) is 4.47. The van der Waals surface area contributed by atoms with E-state index in [4.69, 9.17) is 5.73 Å². The van der Waals surface area contributed by atoms with E-state index in [2.05, 4.69) is 42.3 Å². The molecule has 1 aromatic heterocycles. The minimum Gasteiger partial charge on any atom is -0.397 e. The minimum absolute atomic E-state index is 0.751. The number of nitrogens with one attached hydrogen (secondary N) is 1. The Balaban J connectivity index is 2.03. The Hall–Kier alpha value is -2.07. The molecule has 0 amide bonds. The fraction of sp³-hybridized carbons (Fsp3) is 0.188. The molecular weight excluding hydrogens is 266 g/mol. The molecule has 0 fully saturated rings. The van der Waals surface area contributed by atoms with Crippen molar-refractivity contribution < 1.29 is 0 Å². The standard InChI is InChI=1S/C16H17N3S/c1-9-4-5-13(10(2)6-9)19-14-8-15-16(7-12(14)17)20-11(3)18-15/h4-8,19H,17H2,1-3H3. The third-order valence-electron chi connectivity index (χ3n) is 3.32. The van der Waals surface area contributed by atoms with Gasteiger partial charge in [-0.3, -0.25) is 0 Å². The highest BCUT2D eigenvalue weighted by molar-refractivity contribution is 7.18. The third kappa shape index (κ3) is 2.34. The maximum atomic E-state index is 6.14. The molecule has 0 unspecified atom stereocenters. The van der Waals surface area contributed by atoms with Gasteiger partial charge in [0.05, 0.1) is 26.6 Å². The molecule has 3 rings (SSSR count). The van der Waals surface area contributed by atoms with Crippen LogP contribution in [0.15, 0.2) is 30.3 Å². The number of benzene rings is 2. The van der Waals surface area contributed by atoms with E-state index in [-0.39, 0.29) is 0 Å². The van der Waals surface area contributed by atoms with Gasteiger partial charge in [0, 0.05) is 5.69 Å². The molecule has 0 bridgehead atoms. The summed E-state index contributed by atoms with van der Waals surface area (Å²) in [7, 11) is 0. The molecule has 4 heteroatoms. The lowest BCUT2D eigenvalue weighted by Crippen LogP contribution is -1.98. The summed E-state index contributed by atoms with van der Waals surface area (Å²) < 4.78 is 1.13. The van der Waals surface area contributed by atoms with Gasteiger partial charge < -0.3 is 11.1 Å². The average molecular weight is 283 g/mol. The molecule has 0 aliphatic carbocycles. The Bertz CT molecular complexity index is 790. The van der Waals surface area contributed by atoms with E-state index in [1.54, 1.807) is 11.3 Å². The summed E-state index contributed by atoms with van der Waals surface area (Å²) in [6.45, 7) is 6.20. The van der Waals surface area contributed by atoms with Gasteiger partial charge in [-0.25, -0.2) is 4.98 Å². The summed E-state index contributed by atoms with van der Waals surface area (Å²) in [5.41, 5.74) is 12.3. The van der Waals surface area contributed by atoms with Crippen LogP contribution in [0.25, 0.3) is 10.2 Å². The SMILES string of the molecule is Cc1ccc(Nc2cc3nc(C)sc3cc2N)c(C)c1.